The standard InChI is InChI=1S/C19H21N5O6S2/c1-3-30-17(26)15-11(2)20-19(32-15)22-18(31)21-16(25)12-4-5-13(14(10-12)24(27)28)23-6-8-29-9-7-23/h4-5,10H,3,6-9H2,1-2H3,(H2,20,21,22,25,31). The highest BCUT2D eigenvalue weighted by Gasteiger charge is 2.24. The van der Waals surface area contributed by atoms with Crippen molar-refractivity contribution in [3.8, 4) is 0 Å². The van der Waals surface area contributed by atoms with E-state index in [9.17, 15) is 19.7 Å². The molecular formula is C19H21N5O6S2. The fraction of sp³-hybridized carbons (Fsp3) is 0.368. The second-order valence-electron chi connectivity index (χ2n) is 6.62. The van der Waals surface area contributed by atoms with E-state index >= 15 is 0 Å². The maximum atomic E-state index is 12.6. The number of aryl methyl sites for hydroxylation is 1. The smallest absolute Gasteiger partial charge is 0.350 e. The first-order valence-corrected chi connectivity index (χ1v) is 10.9. The van der Waals surface area contributed by atoms with Crippen LogP contribution in [0.1, 0.15) is 32.6 Å². The molecular weight excluding hydrogens is 458 g/mol. The first-order valence-electron chi connectivity index (χ1n) is 9.68. The maximum absolute atomic E-state index is 12.6. The van der Waals surface area contributed by atoms with Gasteiger partial charge in [-0.3, -0.25) is 20.2 Å². The average molecular weight is 480 g/mol. The van der Waals surface area contributed by atoms with Gasteiger partial charge >= 0.3 is 5.97 Å². The van der Waals surface area contributed by atoms with E-state index < -0.39 is 16.8 Å². The number of anilines is 2. The molecule has 0 bridgehead atoms. The zero-order chi connectivity index (χ0) is 23.3. The maximum Gasteiger partial charge on any atom is 0.350 e. The van der Waals surface area contributed by atoms with Crippen LogP contribution >= 0.6 is 23.6 Å². The predicted molar refractivity (Wildman–Crippen MR) is 123 cm³/mol. The number of nitrogens with one attached hydrogen (secondary N) is 2. The van der Waals surface area contributed by atoms with Crippen molar-refractivity contribution in [2.75, 3.05) is 43.1 Å². The highest BCUT2D eigenvalue weighted by molar-refractivity contribution is 7.80. The summed E-state index contributed by atoms with van der Waals surface area (Å²) in [4.78, 5) is 41.9. The minimum absolute atomic E-state index is 0.0564. The van der Waals surface area contributed by atoms with Gasteiger partial charge < -0.3 is 19.7 Å². The molecule has 1 saturated heterocycles. The van der Waals surface area contributed by atoms with Crippen LogP contribution in [0.25, 0.3) is 0 Å². The molecule has 1 amide bonds. The van der Waals surface area contributed by atoms with E-state index in [4.69, 9.17) is 21.7 Å². The fourth-order valence-corrected chi connectivity index (χ4v) is 4.14. The van der Waals surface area contributed by atoms with Crippen LogP contribution in [0.2, 0.25) is 0 Å². The van der Waals surface area contributed by atoms with Gasteiger partial charge in [0.2, 0.25) is 0 Å². The predicted octanol–water partition coefficient (Wildman–Crippen LogP) is 2.50. The quantitative estimate of drug-likeness (QED) is 0.275. The molecule has 1 aromatic heterocycles. The van der Waals surface area contributed by atoms with Gasteiger partial charge in [-0.2, -0.15) is 0 Å². The zero-order valence-electron chi connectivity index (χ0n) is 17.4. The first kappa shape index (κ1) is 23.5. The van der Waals surface area contributed by atoms with E-state index in [0.717, 1.165) is 11.3 Å². The number of benzene rings is 1. The van der Waals surface area contributed by atoms with Crippen LogP contribution in [0.4, 0.5) is 16.5 Å². The largest absolute Gasteiger partial charge is 0.462 e. The second kappa shape index (κ2) is 10.4. The Hall–Kier alpha value is -3.16. The number of nitrogens with zero attached hydrogens (tertiary/aromatic N) is 3. The normalized spacial score (nSPS) is 13.4. The molecule has 32 heavy (non-hydrogen) atoms. The van der Waals surface area contributed by atoms with Gasteiger partial charge in [0.05, 0.1) is 30.4 Å². The SMILES string of the molecule is CCOC(=O)c1sc(NC(=S)NC(=O)c2ccc(N3CCOCC3)c([N+](=O)[O-])c2)nc1C. The molecule has 0 saturated carbocycles. The summed E-state index contributed by atoms with van der Waals surface area (Å²) in [5.41, 5.74) is 0.813. The van der Waals surface area contributed by atoms with Crippen molar-refractivity contribution in [3.63, 3.8) is 0 Å². The number of amides is 1. The number of esters is 1. The lowest BCUT2D eigenvalue weighted by molar-refractivity contribution is -0.384. The molecule has 0 aliphatic carbocycles. The van der Waals surface area contributed by atoms with E-state index in [-0.39, 0.29) is 23.0 Å². The Bertz CT molecular complexity index is 1050. The fourth-order valence-electron chi connectivity index (χ4n) is 3.02. The Labute approximate surface area is 192 Å². The zero-order valence-corrected chi connectivity index (χ0v) is 19.0. The summed E-state index contributed by atoms with van der Waals surface area (Å²) in [6.07, 6.45) is 0. The summed E-state index contributed by atoms with van der Waals surface area (Å²) < 4.78 is 10.3. The molecule has 1 aromatic carbocycles. The number of aromatic nitrogens is 1. The molecule has 170 valence electrons. The van der Waals surface area contributed by atoms with Crippen molar-refractivity contribution in [3.05, 3.63) is 44.4 Å². The number of nitro benzene ring substituents is 1. The molecule has 1 fully saturated rings. The van der Waals surface area contributed by atoms with E-state index in [1.807, 2.05) is 4.90 Å². The van der Waals surface area contributed by atoms with Gasteiger partial charge in [-0.05, 0) is 38.2 Å². The highest BCUT2D eigenvalue weighted by Crippen LogP contribution is 2.30. The minimum Gasteiger partial charge on any atom is -0.462 e. The Kier molecular flexibility index (Phi) is 7.66. The summed E-state index contributed by atoms with van der Waals surface area (Å²) >= 11 is 6.19. The van der Waals surface area contributed by atoms with Crippen LogP contribution in [-0.4, -0.2) is 59.8 Å². The van der Waals surface area contributed by atoms with Crippen molar-refractivity contribution >= 4 is 57.0 Å². The Morgan fingerprint density at radius 1 is 1.38 bits per heavy atom. The number of thiocarbonyl (C=S) groups is 1. The lowest BCUT2D eigenvalue weighted by Gasteiger charge is -2.28. The number of nitro groups is 1. The van der Waals surface area contributed by atoms with Crippen LogP contribution in [0.5, 0.6) is 0 Å². The van der Waals surface area contributed by atoms with Crippen molar-refractivity contribution < 1.29 is 24.0 Å². The molecule has 0 spiro atoms. The molecule has 0 unspecified atom stereocenters. The third kappa shape index (κ3) is 5.55. The number of carbonyl (C=O) groups is 2. The molecule has 2 heterocycles. The van der Waals surface area contributed by atoms with Crippen LogP contribution in [0, 0.1) is 17.0 Å². The van der Waals surface area contributed by atoms with Crippen molar-refractivity contribution in [2.45, 2.75) is 13.8 Å². The Balaban J connectivity index is 1.69. The monoisotopic (exact) mass is 479 g/mol. The third-order valence-corrected chi connectivity index (χ3v) is 5.75. The molecule has 13 heteroatoms. The summed E-state index contributed by atoms with van der Waals surface area (Å²) in [7, 11) is 0. The van der Waals surface area contributed by atoms with Gasteiger partial charge in [-0.25, -0.2) is 9.78 Å². The molecule has 2 N–H and O–H groups in total. The molecule has 3 rings (SSSR count). The number of thiazole rings is 1. The van der Waals surface area contributed by atoms with E-state index in [1.165, 1.54) is 12.1 Å². The van der Waals surface area contributed by atoms with Crippen molar-refractivity contribution in [1.29, 1.82) is 0 Å². The number of rotatable bonds is 6. The number of hydrogen-bond donors (Lipinski definition) is 2. The molecule has 0 atom stereocenters. The number of carbonyl (C=O) groups excluding carboxylic acids is 2. The second-order valence-corrected chi connectivity index (χ2v) is 8.03. The van der Waals surface area contributed by atoms with Crippen LogP contribution in [-0.2, 0) is 9.47 Å². The molecule has 2 aromatic rings. The van der Waals surface area contributed by atoms with Gasteiger partial charge in [0, 0.05) is 24.7 Å². The third-order valence-electron chi connectivity index (χ3n) is 4.49. The number of morpholine rings is 1. The van der Waals surface area contributed by atoms with Crippen molar-refractivity contribution in [2.24, 2.45) is 0 Å². The summed E-state index contributed by atoms with van der Waals surface area (Å²) in [5.74, 6) is -1.10. The van der Waals surface area contributed by atoms with E-state index in [0.29, 0.717) is 47.7 Å². The van der Waals surface area contributed by atoms with Crippen molar-refractivity contribution in [1.82, 2.24) is 10.3 Å². The molecule has 1 aliphatic heterocycles. The van der Waals surface area contributed by atoms with Crippen LogP contribution in [0.15, 0.2) is 18.2 Å². The van der Waals surface area contributed by atoms with Gasteiger partial charge in [0.25, 0.3) is 11.6 Å². The van der Waals surface area contributed by atoms with Gasteiger partial charge in [0.15, 0.2) is 10.2 Å². The Morgan fingerprint density at radius 3 is 2.75 bits per heavy atom. The topological polar surface area (TPSA) is 136 Å². The first-order chi connectivity index (χ1) is 15.3. The van der Waals surface area contributed by atoms with Gasteiger partial charge in [-0.1, -0.05) is 11.3 Å². The Morgan fingerprint density at radius 2 is 2.09 bits per heavy atom. The van der Waals surface area contributed by atoms with E-state index in [1.54, 1.807) is 19.9 Å². The highest BCUT2D eigenvalue weighted by atomic mass is 32.1. The molecule has 11 nitrogen and oxygen atoms in total. The van der Waals surface area contributed by atoms with Gasteiger partial charge in [0.1, 0.15) is 10.6 Å². The van der Waals surface area contributed by atoms with E-state index in [2.05, 4.69) is 15.6 Å². The summed E-state index contributed by atoms with van der Waals surface area (Å²) in [6, 6.07) is 4.27. The lowest BCUT2D eigenvalue weighted by Crippen LogP contribution is -2.37. The van der Waals surface area contributed by atoms with Crippen LogP contribution in [0.3, 0.4) is 0 Å². The average Bonchev–Trinajstić information content (AvgIpc) is 3.13. The summed E-state index contributed by atoms with van der Waals surface area (Å²) in [5, 5.41) is 17.0. The molecule has 1 aliphatic rings. The van der Waals surface area contributed by atoms with Crippen LogP contribution < -0.4 is 15.5 Å². The number of ether oxygens (including phenoxy) is 2. The van der Waals surface area contributed by atoms with Gasteiger partial charge in [-0.15, -0.1) is 0 Å². The lowest BCUT2D eigenvalue weighted by atomic mass is 10.1. The number of hydrogen-bond acceptors (Lipinski definition) is 10. The molecule has 0 radical (unpaired) electrons. The minimum atomic E-state index is -0.613. The summed E-state index contributed by atoms with van der Waals surface area (Å²) in [6.45, 7) is 5.62.